The fourth-order valence-electron chi connectivity index (χ4n) is 0.803. The first kappa shape index (κ1) is 14.1. The molecule has 1 rings (SSSR count). The molecule has 2 N–H and O–H groups in total. The highest BCUT2D eigenvalue weighted by molar-refractivity contribution is 5.55. The van der Waals surface area contributed by atoms with Gasteiger partial charge < -0.3 is 10.5 Å². The van der Waals surface area contributed by atoms with Crippen LogP contribution in [-0.2, 0) is 0 Å². The largest absolute Gasteiger partial charge is 0.470 e. The zero-order valence-corrected chi connectivity index (χ0v) is 8.84. The van der Waals surface area contributed by atoms with Crippen molar-refractivity contribution < 1.29 is 26.7 Å². The first-order valence-corrected chi connectivity index (χ1v) is 4.47. The quantitative estimate of drug-likeness (QED) is 0.849. The lowest BCUT2D eigenvalue weighted by molar-refractivity contribution is -0.290. The Kier molecular flexibility index (Phi) is 3.73. The summed E-state index contributed by atoms with van der Waals surface area (Å²) in [5.41, 5.74) is 5.51. The summed E-state index contributed by atoms with van der Waals surface area (Å²) in [7, 11) is 0. The SMILES string of the molecule is C=C(N)c1cnc(OCC(F)(F)C(F)(F)F)cn1. The molecule has 1 aromatic rings. The zero-order valence-electron chi connectivity index (χ0n) is 8.84. The molecule has 0 unspecified atom stereocenters. The first-order chi connectivity index (χ1) is 8.13. The topological polar surface area (TPSA) is 61.0 Å². The fraction of sp³-hybridized carbons (Fsp3) is 0.333. The maximum atomic E-state index is 12.5. The molecule has 0 fully saturated rings. The van der Waals surface area contributed by atoms with Crippen molar-refractivity contribution in [2.75, 3.05) is 6.61 Å². The van der Waals surface area contributed by atoms with Gasteiger partial charge in [0.1, 0.15) is 5.69 Å². The van der Waals surface area contributed by atoms with E-state index in [2.05, 4.69) is 21.3 Å². The van der Waals surface area contributed by atoms with Crippen LogP contribution < -0.4 is 10.5 Å². The Morgan fingerprint density at radius 3 is 2.22 bits per heavy atom. The molecule has 0 saturated carbocycles. The highest BCUT2D eigenvalue weighted by Gasteiger charge is 2.58. The minimum Gasteiger partial charge on any atom is -0.470 e. The van der Waals surface area contributed by atoms with Gasteiger partial charge in [-0.15, -0.1) is 0 Å². The van der Waals surface area contributed by atoms with E-state index in [0.29, 0.717) is 0 Å². The van der Waals surface area contributed by atoms with Crippen molar-refractivity contribution in [3.8, 4) is 5.88 Å². The van der Waals surface area contributed by atoms with Gasteiger partial charge in [-0.2, -0.15) is 22.0 Å². The summed E-state index contributed by atoms with van der Waals surface area (Å²) in [6.07, 6.45) is -3.75. The van der Waals surface area contributed by atoms with Gasteiger partial charge >= 0.3 is 12.1 Å². The molecule has 4 nitrogen and oxygen atoms in total. The normalized spacial score (nSPS) is 12.3. The van der Waals surface area contributed by atoms with Crippen LogP contribution in [0.3, 0.4) is 0 Å². The molecule has 0 atom stereocenters. The van der Waals surface area contributed by atoms with Gasteiger partial charge in [-0.1, -0.05) is 6.58 Å². The van der Waals surface area contributed by atoms with E-state index in [-0.39, 0.29) is 11.4 Å². The van der Waals surface area contributed by atoms with E-state index in [9.17, 15) is 22.0 Å². The summed E-state index contributed by atoms with van der Waals surface area (Å²) in [4.78, 5) is 7.06. The van der Waals surface area contributed by atoms with E-state index < -0.39 is 24.6 Å². The van der Waals surface area contributed by atoms with Crippen molar-refractivity contribution in [3.63, 3.8) is 0 Å². The van der Waals surface area contributed by atoms with Crippen molar-refractivity contribution in [1.29, 1.82) is 0 Å². The Morgan fingerprint density at radius 1 is 1.22 bits per heavy atom. The second-order valence-electron chi connectivity index (χ2n) is 3.26. The van der Waals surface area contributed by atoms with E-state index in [1.807, 2.05) is 0 Å². The van der Waals surface area contributed by atoms with Gasteiger partial charge in [0, 0.05) is 0 Å². The molecule has 9 heteroatoms. The first-order valence-electron chi connectivity index (χ1n) is 4.47. The fourth-order valence-corrected chi connectivity index (χ4v) is 0.803. The van der Waals surface area contributed by atoms with Crippen LogP contribution in [0.4, 0.5) is 22.0 Å². The molecule has 1 heterocycles. The number of ether oxygens (including phenoxy) is 1. The van der Waals surface area contributed by atoms with Crippen molar-refractivity contribution in [1.82, 2.24) is 9.97 Å². The molecule has 18 heavy (non-hydrogen) atoms. The van der Waals surface area contributed by atoms with Crippen LogP contribution in [0.2, 0.25) is 0 Å². The Labute approximate surface area is 98.3 Å². The van der Waals surface area contributed by atoms with E-state index in [1.165, 1.54) is 0 Å². The number of rotatable bonds is 4. The van der Waals surface area contributed by atoms with Gasteiger partial charge in [0.15, 0.2) is 6.61 Å². The molecular weight excluding hydrogens is 261 g/mol. The number of alkyl halides is 5. The highest BCUT2D eigenvalue weighted by Crippen LogP contribution is 2.35. The molecule has 0 aliphatic rings. The molecule has 100 valence electrons. The third-order valence-corrected chi connectivity index (χ3v) is 1.77. The van der Waals surface area contributed by atoms with Gasteiger partial charge in [-0.05, 0) is 0 Å². The molecule has 0 spiro atoms. The number of hydrogen-bond acceptors (Lipinski definition) is 4. The summed E-state index contributed by atoms with van der Waals surface area (Å²) in [6, 6.07) is 0. The maximum absolute atomic E-state index is 12.5. The lowest BCUT2D eigenvalue weighted by Gasteiger charge is -2.19. The smallest absolute Gasteiger partial charge is 0.456 e. The van der Waals surface area contributed by atoms with Crippen LogP contribution in [0, 0.1) is 0 Å². The van der Waals surface area contributed by atoms with Gasteiger partial charge in [-0.25, -0.2) is 9.97 Å². The highest BCUT2D eigenvalue weighted by atomic mass is 19.4. The van der Waals surface area contributed by atoms with Gasteiger partial charge in [0.05, 0.1) is 18.1 Å². The molecule has 0 aromatic carbocycles. The summed E-state index contributed by atoms with van der Waals surface area (Å²) >= 11 is 0. The zero-order chi connectivity index (χ0) is 14.0. The van der Waals surface area contributed by atoms with Crippen molar-refractivity contribution in [2.45, 2.75) is 12.1 Å². The van der Waals surface area contributed by atoms with Gasteiger partial charge in [0.2, 0.25) is 5.88 Å². The second-order valence-corrected chi connectivity index (χ2v) is 3.26. The van der Waals surface area contributed by atoms with Crippen molar-refractivity contribution in [2.24, 2.45) is 5.73 Å². The van der Waals surface area contributed by atoms with Crippen LogP contribution in [-0.4, -0.2) is 28.7 Å². The number of halogens is 5. The van der Waals surface area contributed by atoms with Crippen molar-refractivity contribution >= 4 is 5.70 Å². The molecule has 0 radical (unpaired) electrons. The van der Waals surface area contributed by atoms with Crippen LogP contribution in [0.1, 0.15) is 5.69 Å². The minimum atomic E-state index is -5.67. The molecule has 0 bridgehead atoms. The second kappa shape index (κ2) is 4.75. The number of hydrogen-bond donors (Lipinski definition) is 1. The lowest BCUT2D eigenvalue weighted by atomic mass is 10.3. The van der Waals surface area contributed by atoms with E-state index >= 15 is 0 Å². The monoisotopic (exact) mass is 269 g/mol. The average molecular weight is 269 g/mol. The summed E-state index contributed by atoms with van der Waals surface area (Å²) in [5, 5.41) is 0. The predicted octanol–water partition coefficient (Wildman–Crippen LogP) is 1.98. The van der Waals surface area contributed by atoms with Gasteiger partial charge in [0.25, 0.3) is 0 Å². The Bertz CT molecular complexity index is 429. The molecule has 0 saturated heterocycles. The Balaban J connectivity index is 2.67. The molecule has 0 amide bonds. The summed E-state index contributed by atoms with van der Waals surface area (Å²) in [5.74, 6) is -5.42. The van der Waals surface area contributed by atoms with E-state index in [0.717, 1.165) is 12.4 Å². The molecule has 1 aromatic heterocycles. The Hall–Kier alpha value is -1.93. The van der Waals surface area contributed by atoms with Crippen LogP contribution >= 0.6 is 0 Å². The standard InChI is InChI=1S/C9H8F5N3O/c1-5(15)6-2-17-7(3-16-6)18-4-8(10,11)9(12,13)14/h2-3H,1,4,15H2. The number of nitrogens with zero attached hydrogens (tertiary/aromatic N) is 2. The molecular formula is C9H8F5N3O. The van der Waals surface area contributed by atoms with Crippen LogP contribution in [0.15, 0.2) is 19.0 Å². The van der Waals surface area contributed by atoms with E-state index in [4.69, 9.17) is 5.73 Å². The summed E-state index contributed by atoms with van der Waals surface area (Å²) < 4.78 is 64.6. The maximum Gasteiger partial charge on any atom is 0.456 e. The number of aromatic nitrogens is 2. The Morgan fingerprint density at radius 2 is 1.83 bits per heavy atom. The number of nitrogens with two attached hydrogens (primary N) is 1. The van der Waals surface area contributed by atoms with Gasteiger partial charge in [-0.3, -0.25) is 0 Å². The third kappa shape index (κ3) is 3.28. The summed E-state index contributed by atoms with van der Waals surface area (Å²) in [6.45, 7) is 1.47. The van der Waals surface area contributed by atoms with Crippen molar-refractivity contribution in [3.05, 3.63) is 24.7 Å². The van der Waals surface area contributed by atoms with Crippen LogP contribution in [0.5, 0.6) is 5.88 Å². The lowest BCUT2D eigenvalue weighted by Crippen LogP contribution is -2.41. The molecule has 0 aliphatic heterocycles. The molecule has 0 aliphatic carbocycles. The van der Waals surface area contributed by atoms with Crippen LogP contribution in [0.25, 0.3) is 5.70 Å². The minimum absolute atomic E-state index is 0.0784. The average Bonchev–Trinajstić information content (AvgIpc) is 2.25. The van der Waals surface area contributed by atoms with E-state index in [1.54, 1.807) is 0 Å². The predicted molar refractivity (Wildman–Crippen MR) is 51.8 cm³/mol. The third-order valence-electron chi connectivity index (χ3n) is 1.77.